The summed E-state index contributed by atoms with van der Waals surface area (Å²) in [6.07, 6.45) is -0.386. The summed E-state index contributed by atoms with van der Waals surface area (Å²) < 4.78 is 9.95. The molecule has 0 aromatic heterocycles. The highest BCUT2D eigenvalue weighted by Gasteiger charge is 2.32. The van der Waals surface area contributed by atoms with Crippen LogP contribution in [0.15, 0.2) is 18.2 Å². The Morgan fingerprint density at radius 1 is 1.60 bits per heavy atom. The maximum Gasteiger partial charge on any atom is 0.330 e. The molecule has 0 spiro atoms. The SMILES string of the molecule is COC(=O)C(CO)NC(=O)C1Cc2cc(Cl)ccc2O1. The number of amides is 1. The van der Waals surface area contributed by atoms with E-state index in [1.807, 2.05) is 0 Å². The van der Waals surface area contributed by atoms with Crippen molar-refractivity contribution in [1.29, 1.82) is 0 Å². The normalized spacial score (nSPS) is 17.9. The first-order valence-electron chi connectivity index (χ1n) is 5.99. The molecule has 108 valence electrons. The first-order chi connectivity index (χ1) is 9.55. The highest BCUT2D eigenvalue weighted by atomic mass is 35.5. The fraction of sp³-hybridized carbons (Fsp3) is 0.385. The van der Waals surface area contributed by atoms with E-state index < -0.39 is 30.6 Å². The first-order valence-corrected chi connectivity index (χ1v) is 6.37. The molecule has 0 aliphatic carbocycles. The maximum absolute atomic E-state index is 12.0. The van der Waals surface area contributed by atoms with E-state index >= 15 is 0 Å². The number of aliphatic hydroxyl groups excluding tert-OH is 1. The molecule has 0 saturated heterocycles. The van der Waals surface area contributed by atoms with E-state index in [9.17, 15) is 9.59 Å². The lowest BCUT2D eigenvalue weighted by Gasteiger charge is -2.16. The summed E-state index contributed by atoms with van der Waals surface area (Å²) in [5.41, 5.74) is 0.830. The summed E-state index contributed by atoms with van der Waals surface area (Å²) >= 11 is 5.87. The molecule has 1 aromatic carbocycles. The van der Waals surface area contributed by atoms with Gasteiger partial charge in [0.25, 0.3) is 5.91 Å². The van der Waals surface area contributed by atoms with Crippen LogP contribution in [0, 0.1) is 0 Å². The zero-order chi connectivity index (χ0) is 14.7. The van der Waals surface area contributed by atoms with Gasteiger partial charge in [-0.1, -0.05) is 11.6 Å². The molecule has 20 heavy (non-hydrogen) atoms. The van der Waals surface area contributed by atoms with Crippen LogP contribution in [0.5, 0.6) is 5.75 Å². The van der Waals surface area contributed by atoms with E-state index in [-0.39, 0.29) is 0 Å². The molecule has 1 aliphatic heterocycles. The third kappa shape index (κ3) is 3.02. The van der Waals surface area contributed by atoms with Gasteiger partial charge in [0.1, 0.15) is 5.75 Å². The fourth-order valence-electron chi connectivity index (χ4n) is 1.95. The lowest BCUT2D eigenvalue weighted by Crippen LogP contribution is -2.49. The van der Waals surface area contributed by atoms with Crippen LogP contribution in [0.3, 0.4) is 0 Å². The minimum absolute atomic E-state index is 0.362. The van der Waals surface area contributed by atoms with Crippen LogP contribution in [0.4, 0.5) is 0 Å². The number of hydrogen-bond donors (Lipinski definition) is 2. The standard InChI is InChI=1S/C13H14ClNO5/c1-19-13(18)9(6-16)15-12(17)11-5-7-4-8(14)2-3-10(7)20-11/h2-4,9,11,16H,5-6H2,1H3,(H,15,17). The molecule has 2 N–H and O–H groups in total. The second-order valence-electron chi connectivity index (χ2n) is 4.33. The Labute approximate surface area is 120 Å². The topological polar surface area (TPSA) is 84.9 Å². The number of carbonyl (C=O) groups excluding carboxylic acids is 2. The maximum atomic E-state index is 12.0. The third-order valence-electron chi connectivity index (χ3n) is 2.97. The van der Waals surface area contributed by atoms with Crippen molar-refractivity contribution in [2.24, 2.45) is 0 Å². The number of esters is 1. The molecule has 1 heterocycles. The predicted molar refractivity (Wildman–Crippen MR) is 70.6 cm³/mol. The van der Waals surface area contributed by atoms with Crippen molar-refractivity contribution in [3.05, 3.63) is 28.8 Å². The van der Waals surface area contributed by atoms with Gasteiger partial charge in [-0.15, -0.1) is 0 Å². The van der Waals surface area contributed by atoms with E-state index in [2.05, 4.69) is 10.1 Å². The molecule has 0 radical (unpaired) electrons. The van der Waals surface area contributed by atoms with Crippen LogP contribution in [0.25, 0.3) is 0 Å². The van der Waals surface area contributed by atoms with Crippen molar-refractivity contribution in [1.82, 2.24) is 5.32 Å². The van der Waals surface area contributed by atoms with Gasteiger partial charge in [-0.05, 0) is 23.8 Å². The van der Waals surface area contributed by atoms with Gasteiger partial charge in [0.2, 0.25) is 0 Å². The number of ether oxygens (including phenoxy) is 2. The average Bonchev–Trinajstić information content (AvgIpc) is 2.86. The van der Waals surface area contributed by atoms with Gasteiger partial charge < -0.3 is 19.9 Å². The average molecular weight is 300 g/mol. The molecular weight excluding hydrogens is 286 g/mol. The summed E-state index contributed by atoms with van der Waals surface area (Å²) in [6.45, 7) is -0.538. The second kappa shape index (κ2) is 6.11. The van der Waals surface area contributed by atoms with Crippen LogP contribution in [-0.4, -0.2) is 42.8 Å². The Morgan fingerprint density at radius 3 is 3.00 bits per heavy atom. The van der Waals surface area contributed by atoms with Gasteiger partial charge in [-0.2, -0.15) is 0 Å². The summed E-state index contributed by atoms with van der Waals surface area (Å²) in [6, 6.07) is 4.00. The Morgan fingerprint density at radius 2 is 2.35 bits per heavy atom. The molecule has 2 unspecified atom stereocenters. The minimum Gasteiger partial charge on any atom is -0.480 e. The van der Waals surface area contributed by atoms with Gasteiger partial charge in [-0.25, -0.2) is 4.79 Å². The predicted octanol–water partition coefficient (Wildman–Crippen LogP) is 0.294. The summed E-state index contributed by atoms with van der Waals surface area (Å²) in [4.78, 5) is 23.3. The zero-order valence-electron chi connectivity index (χ0n) is 10.8. The van der Waals surface area contributed by atoms with Crippen molar-refractivity contribution in [2.75, 3.05) is 13.7 Å². The van der Waals surface area contributed by atoms with Crippen molar-refractivity contribution >= 4 is 23.5 Å². The summed E-state index contributed by atoms with van der Waals surface area (Å²) in [5, 5.41) is 12.0. The van der Waals surface area contributed by atoms with Crippen LogP contribution < -0.4 is 10.1 Å². The van der Waals surface area contributed by atoms with Crippen LogP contribution in [0.1, 0.15) is 5.56 Å². The van der Waals surface area contributed by atoms with Crippen LogP contribution >= 0.6 is 11.6 Å². The number of nitrogens with one attached hydrogen (secondary N) is 1. The quantitative estimate of drug-likeness (QED) is 0.781. The number of halogens is 1. The van der Waals surface area contributed by atoms with Gasteiger partial charge in [-0.3, -0.25) is 4.79 Å². The molecule has 1 amide bonds. The smallest absolute Gasteiger partial charge is 0.330 e. The summed E-state index contributed by atoms with van der Waals surface area (Å²) in [7, 11) is 1.18. The van der Waals surface area contributed by atoms with E-state index in [1.165, 1.54) is 7.11 Å². The summed E-state index contributed by atoms with van der Waals surface area (Å²) in [5.74, 6) is -0.602. The van der Waals surface area contributed by atoms with Crippen LogP contribution in [-0.2, 0) is 20.7 Å². The van der Waals surface area contributed by atoms with Gasteiger partial charge in [0.15, 0.2) is 12.1 Å². The van der Waals surface area contributed by atoms with Crippen molar-refractivity contribution < 1.29 is 24.2 Å². The molecule has 1 aromatic rings. The molecule has 0 saturated carbocycles. The van der Waals surface area contributed by atoms with Crippen molar-refractivity contribution in [2.45, 2.75) is 18.6 Å². The van der Waals surface area contributed by atoms with Crippen molar-refractivity contribution in [3.8, 4) is 5.75 Å². The second-order valence-corrected chi connectivity index (χ2v) is 4.77. The highest BCUT2D eigenvalue weighted by Crippen LogP contribution is 2.31. The Hall–Kier alpha value is -1.79. The number of rotatable bonds is 4. The lowest BCUT2D eigenvalue weighted by atomic mass is 10.1. The molecule has 1 aliphatic rings. The molecule has 7 heteroatoms. The van der Waals surface area contributed by atoms with Crippen molar-refractivity contribution in [3.63, 3.8) is 0 Å². The number of methoxy groups -OCH3 is 1. The van der Waals surface area contributed by atoms with Gasteiger partial charge in [0.05, 0.1) is 13.7 Å². The number of hydrogen-bond acceptors (Lipinski definition) is 5. The highest BCUT2D eigenvalue weighted by molar-refractivity contribution is 6.30. The third-order valence-corrected chi connectivity index (χ3v) is 3.21. The Bertz CT molecular complexity index is 533. The van der Waals surface area contributed by atoms with Gasteiger partial charge in [0, 0.05) is 11.4 Å². The number of fused-ring (bicyclic) bond motifs is 1. The van der Waals surface area contributed by atoms with E-state index in [1.54, 1.807) is 18.2 Å². The Balaban J connectivity index is 2.00. The Kier molecular flexibility index (Phi) is 4.46. The largest absolute Gasteiger partial charge is 0.480 e. The fourth-order valence-corrected chi connectivity index (χ4v) is 2.14. The molecule has 0 fully saturated rings. The molecule has 2 rings (SSSR count). The van der Waals surface area contributed by atoms with E-state index in [4.69, 9.17) is 21.4 Å². The zero-order valence-corrected chi connectivity index (χ0v) is 11.5. The van der Waals surface area contributed by atoms with Crippen LogP contribution in [0.2, 0.25) is 5.02 Å². The molecule has 0 bridgehead atoms. The molecular formula is C13H14ClNO5. The first kappa shape index (κ1) is 14.6. The number of carbonyl (C=O) groups is 2. The number of benzene rings is 1. The molecule has 2 atom stereocenters. The monoisotopic (exact) mass is 299 g/mol. The lowest BCUT2D eigenvalue weighted by molar-refractivity contribution is -0.147. The molecule has 6 nitrogen and oxygen atoms in total. The number of aliphatic hydroxyl groups is 1. The van der Waals surface area contributed by atoms with Gasteiger partial charge >= 0.3 is 5.97 Å². The van der Waals surface area contributed by atoms with E-state index in [0.717, 1.165) is 5.56 Å². The van der Waals surface area contributed by atoms with E-state index in [0.29, 0.717) is 17.2 Å². The minimum atomic E-state index is -1.09.